The molecule has 2 heterocycles. The molecule has 0 bridgehead atoms. The number of halogens is 12. The molecule has 584 valence electrons. The van der Waals surface area contributed by atoms with Gasteiger partial charge in [-0.25, -0.2) is 0 Å². The van der Waals surface area contributed by atoms with E-state index in [2.05, 4.69) is 400 Å². The number of hydrogen-bond acceptors (Lipinski definition) is 6. The molecule has 14 aromatic rings. The molecule has 112 heavy (non-hydrogen) atoms. The maximum Gasteiger partial charge on any atom is 1.00 e. The Bertz CT molecular complexity index is 4460. The van der Waals surface area contributed by atoms with Gasteiger partial charge in [-0.1, -0.05) is 376 Å². The third-order valence-electron chi connectivity index (χ3n) is 17.1. The molecule has 0 aliphatic heterocycles. The largest absolute Gasteiger partial charge is 1.00 e. The Labute approximate surface area is 665 Å². The monoisotopic (exact) mass is 1730 g/mol. The van der Waals surface area contributed by atoms with Crippen LogP contribution in [-0.2, 0) is 60.3 Å². The van der Waals surface area contributed by atoms with Crippen molar-refractivity contribution >= 4 is 107 Å². The van der Waals surface area contributed by atoms with E-state index < -0.39 is 43.8 Å². The van der Waals surface area contributed by atoms with E-state index in [4.69, 9.17) is 28.9 Å². The number of aromatic nitrogens is 2. The summed E-state index contributed by atoms with van der Waals surface area (Å²) in [6.45, 7) is 1.99. The predicted octanol–water partition coefficient (Wildman–Crippen LogP) is 23.6. The van der Waals surface area contributed by atoms with Crippen LogP contribution in [0.2, 0.25) is 0 Å². The Kier molecular flexibility index (Phi) is 28.2. The van der Waals surface area contributed by atoms with Crippen molar-refractivity contribution in [1.29, 1.82) is 0 Å². The molecule has 0 saturated carbocycles. The summed E-state index contributed by atoms with van der Waals surface area (Å²) in [5.41, 5.74) is 3.77. The van der Waals surface area contributed by atoms with Crippen LogP contribution in [0.5, 0.6) is 0 Å². The van der Waals surface area contributed by atoms with Crippen molar-refractivity contribution in [3.8, 4) is 0 Å². The molecule has 0 aliphatic rings. The van der Waals surface area contributed by atoms with Gasteiger partial charge in [0, 0.05) is 63.7 Å². The van der Waals surface area contributed by atoms with Crippen molar-refractivity contribution in [3.63, 3.8) is 0 Å². The van der Waals surface area contributed by atoms with E-state index in [0.717, 1.165) is 22.8 Å². The molecule has 0 fully saturated rings. The fourth-order valence-corrected chi connectivity index (χ4v) is 26.8. The quantitative estimate of drug-likeness (QED) is 0.0433. The molecule has 0 atom stereocenters. The third-order valence-corrected chi connectivity index (χ3v) is 31.9. The van der Waals surface area contributed by atoms with Crippen molar-refractivity contribution in [2.75, 3.05) is 0 Å². The molecule has 0 aliphatic carbocycles. The molecule has 0 radical (unpaired) electrons. The van der Waals surface area contributed by atoms with Crippen molar-refractivity contribution in [1.82, 2.24) is 9.97 Å². The van der Waals surface area contributed by atoms with Crippen LogP contribution in [-0.4, -0.2) is 9.97 Å². The molecule has 12 aromatic carbocycles. The van der Waals surface area contributed by atoms with Gasteiger partial charge in [0.15, 0.2) is 0 Å². The Morgan fingerprint density at radius 2 is 0.268 bits per heavy atom. The summed E-state index contributed by atoms with van der Waals surface area (Å²) >= 11 is 0. The average Bonchev–Trinajstić information content (AvgIpc) is 0.764. The number of pyridine rings is 2. The van der Waals surface area contributed by atoms with Gasteiger partial charge < -0.3 is 0 Å². The molecule has 6 nitrogen and oxygen atoms in total. The van der Waals surface area contributed by atoms with Crippen LogP contribution in [0.1, 0.15) is 22.8 Å². The average molecular weight is 1730 g/mol. The summed E-state index contributed by atoms with van der Waals surface area (Å²) in [5.74, 6) is 0. The van der Waals surface area contributed by atoms with Crippen LogP contribution in [0.15, 0.2) is 419 Å². The van der Waals surface area contributed by atoms with Gasteiger partial charge in [-0.15, -0.1) is 0 Å². The SMILES string of the molecule is F[P-](F)(F)(F)(F)F.F[P-](F)(F)(F)(F)F.[Cu+].[Cu+].c1ccc(P(=NCc2cccc(CN=P(c3ccccc3)(c3ccccc3)c3ccccc3)n2)(c2ccccc2)c2ccccc2)cc1.c1ccc(P(=NCc2cccc(CN=P(c3ccccc3)(c3ccccc3)c3ccccc3)n2)(c2ccccc2)c2ccccc2)cc1. The van der Waals surface area contributed by atoms with Crippen molar-refractivity contribution in [2.45, 2.75) is 26.2 Å². The summed E-state index contributed by atoms with van der Waals surface area (Å²) < 4.78 is 141. The minimum Gasteiger partial charge on any atom is -0.283 e. The van der Waals surface area contributed by atoms with Gasteiger partial charge in [-0.05, 0) is 24.3 Å². The normalized spacial score (nSPS) is 12.8. The van der Waals surface area contributed by atoms with Gasteiger partial charge in [0.1, 0.15) is 0 Å². The Morgan fingerprint density at radius 1 is 0.170 bits per heavy atom. The first-order valence-electron chi connectivity index (χ1n) is 34.5. The number of nitrogens with zero attached hydrogens (tertiary/aromatic N) is 6. The molecular formula is C86H74Cu2F12N6P6. The van der Waals surface area contributed by atoms with Gasteiger partial charge in [0.25, 0.3) is 0 Å². The first-order chi connectivity index (χ1) is 52.5. The molecule has 0 unspecified atom stereocenters. The van der Waals surface area contributed by atoms with Crippen LogP contribution in [0.4, 0.5) is 50.4 Å². The van der Waals surface area contributed by atoms with Crippen LogP contribution in [0.25, 0.3) is 0 Å². The topological polar surface area (TPSA) is 75.2 Å². The number of hydrogen-bond donors (Lipinski definition) is 0. The summed E-state index contributed by atoms with van der Waals surface area (Å²) in [5, 5.41) is 14.8. The summed E-state index contributed by atoms with van der Waals surface area (Å²) in [6, 6.07) is 142. The minimum absolute atomic E-state index is 0. The molecule has 0 N–H and O–H groups in total. The molecule has 0 spiro atoms. The third kappa shape index (κ3) is 24.5. The van der Waals surface area contributed by atoms with Crippen LogP contribution in [0.3, 0.4) is 0 Å². The zero-order chi connectivity index (χ0) is 77.8. The zero-order valence-corrected chi connectivity index (χ0v) is 66.7. The van der Waals surface area contributed by atoms with E-state index in [-0.39, 0.29) is 34.1 Å². The van der Waals surface area contributed by atoms with E-state index >= 15 is 0 Å². The van der Waals surface area contributed by atoms with E-state index in [1.807, 2.05) is 0 Å². The fraction of sp³-hybridized carbons (Fsp3) is 0.0465. The standard InChI is InChI=1S/2C43H37N3P2.2Cu.2F6P/c2*1-7-22-38(23-8-1)47(39-24-9-2-10-25-39,40-26-11-3-12-27-40)44-34-36-20-19-21-37(46-36)35-45-48(41-28-13-4-14-29-41,42-30-15-5-16-31-42)43-32-17-6-18-33-43;;;2*1-7(2,3,4,5)6/h2*1-33H,34-35H2;;;;/q;;2*+1;2*-1. The van der Waals surface area contributed by atoms with Gasteiger partial charge >= 0.3 is 100 Å². The van der Waals surface area contributed by atoms with Gasteiger partial charge in [-0.3, -0.25) is 28.9 Å². The molecule has 0 amide bonds. The predicted molar refractivity (Wildman–Crippen MR) is 441 cm³/mol. The number of rotatable bonds is 20. The second kappa shape index (κ2) is 36.4. The van der Waals surface area contributed by atoms with Crippen molar-refractivity contribution in [3.05, 3.63) is 423 Å². The van der Waals surface area contributed by atoms with Gasteiger partial charge in [0.2, 0.25) is 0 Å². The summed E-state index contributed by atoms with van der Waals surface area (Å²) in [7, 11) is -30.6. The number of benzene rings is 12. The zero-order valence-electron chi connectivity index (χ0n) is 59.4. The van der Waals surface area contributed by atoms with E-state index in [0.29, 0.717) is 26.2 Å². The van der Waals surface area contributed by atoms with Crippen LogP contribution < -0.4 is 63.7 Å². The summed E-state index contributed by atoms with van der Waals surface area (Å²) in [4.78, 5) is 10.4. The Hall–Kier alpha value is -9.08. The maximum absolute atomic E-state index is 10.7. The molecule has 2 aromatic heterocycles. The van der Waals surface area contributed by atoms with E-state index in [9.17, 15) is 50.4 Å². The maximum atomic E-state index is 9.87. The first-order valence-corrected chi connectivity index (χ1v) is 45.5. The first kappa shape index (κ1) is 86.9. The van der Waals surface area contributed by atoms with Gasteiger partial charge in [-0.2, -0.15) is 0 Å². The van der Waals surface area contributed by atoms with Crippen molar-refractivity contribution < 1.29 is 84.5 Å². The molecular weight excluding hydrogens is 1660 g/mol. The van der Waals surface area contributed by atoms with E-state index in [1.54, 1.807) is 0 Å². The molecule has 26 heteroatoms. The second-order valence-corrected chi connectivity index (χ2v) is 41.2. The van der Waals surface area contributed by atoms with Crippen LogP contribution in [0, 0.1) is 0 Å². The smallest absolute Gasteiger partial charge is 0.283 e. The Morgan fingerprint density at radius 3 is 0.366 bits per heavy atom. The minimum atomic E-state index is -10.7. The molecule has 0 saturated heterocycles. The fourth-order valence-electron chi connectivity index (χ4n) is 12.6. The van der Waals surface area contributed by atoms with Gasteiger partial charge in [0.05, 0.1) is 77.2 Å². The molecule has 14 rings (SSSR count). The van der Waals surface area contributed by atoms with Crippen LogP contribution >= 0.6 is 43.8 Å². The second-order valence-electron chi connectivity index (χ2n) is 24.9. The summed E-state index contributed by atoms with van der Waals surface area (Å²) in [6.07, 6.45) is 0. The van der Waals surface area contributed by atoms with Crippen molar-refractivity contribution in [2.24, 2.45) is 19.0 Å². The van der Waals surface area contributed by atoms with E-state index in [1.165, 1.54) is 63.7 Å². The Balaban J connectivity index is 0.000000216.